The fraction of sp³-hybridized carbons (Fsp3) is 0.294. The molecule has 0 saturated heterocycles. The summed E-state index contributed by atoms with van der Waals surface area (Å²) in [5, 5.41) is 12.3. The summed E-state index contributed by atoms with van der Waals surface area (Å²) in [6, 6.07) is 11.4. The number of thioether (sulfide) groups is 2. The van der Waals surface area contributed by atoms with Gasteiger partial charge in [0, 0.05) is 28.3 Å². The molecule has 0 spiro atoms. The molecule has 1 amide bonds. The Bertz CT molecular complexity index is 771. The smallest absolute Gasteiger partial charge is 0.234 e. The molecule has 0 saturated carbocycles. The van der Waals surface area contributed by atoms with Crippen molar-refractivity contribution in [3.05, 3.63) is 36.0 Å². The first kappa shape index (κ1) is 19.1. The minimum absolute atomic E-state index is 0.144. The number of benzene rings is 1. The number of anilines is 2. The van der Waals surface area contributed by atoms with E-state index in [2.05, 4.69) is 21.4 Å². The normalized spacial score (nSPS) is 11.6. The summed E-state index contributed by atoms with van der Waals surface area (Å²) < 4.78 is 0. The monoisotopic (exact) mass is 373 g/mol. The quantitative estimate of drug-likeness (QED) is 0.565. The van der Waals surface area contributed by atoms with Gasteiger partial charge in [-0.2, -0.15) is 5.26 Å². The number of nitrogens with zero attached hydrogens (tertiary/aromatic N) is 3. The van der Waals surface area contributed by atoms with E-state index in [4.69, 9.17) is 11.0 Å². The molecule has 0 radical (unpaired) electrons. The van der Waals surface area contributed by atoms with Crippen molar-refractivity contribution in [1.29, 1.82) is 5.26 Å². The first-order valence-corrected chi connectivity index (χ1v) is 9.51. The molecule has 2 rings (SSSR count). The van der Waals surface area contributed by atoms with Crippen molar-refractivity contribution in [3.8, 4) is 6.07 Å². The summed E-state index contributed by atoms with van der Waals surface area (Å²) in [6.45, 7) is 3.82. The van der Waals surface area contributed by atoms with Crippen LogP contribution in [0.1, 0.15) is 19.0 Å². The molecule has 130 valence electrons. The average Bonchev–Trinajstić information content (AvgIpc) is 2.54. The molecule has 0 fully saturated rings. The number of nitrogens with one attached hydrogen (secondary N) is 1. The third-order valence-electron chi connectivity index (χ3n) is 3.05. The second-order valence-electron chi connectivity index (χ2n) is 5.34. The van der Waals surface area contributed by atoms with E-state index in [0.717, 1.165) is 16.3 Å². The lowest BCUT2D eigenvalue weighted by molar-refractivity contribution is -0.113. The lowest BCUT2D eigenvalue weighted by Crippen LogP contribution is -2.15. The van der Waals surface area contributed by atoms with Gasteiger partial charge in [-0.05, 0) is 19.1 Å². The molecule has 6 nitrogen and oxygen atoms in total. The zero-order valence-electron chi connectivity index (χ0n) is 14.0. The molecule has 0 aliphatic heterocycles. The standard InChI is InChI=1S/C17H19N5OS2/c1-11-9-15(19)22-17(20-11)24-10-16(23)21-13-5-3-4-6-14(13)25-12(2)7-8-18/h3-6,9,12H,7,10H2,1-2H3,(H,21,23)(H2,19,20,22)/t12-/m0/s1. The SMILES string of the molecule is Cc1cc(N)nc(SCC(=O)Nc2ccccc2S[C@@H](C)CC#N)n1. The van der Waals surface area contributed by atoms with Crippen LogP contribution in [-0.4, -0.2) is 26.9 Å². The van der Waals surface area contributed by atoms with Crippen molar-refractivity contribution >= 4 is 40.9 Å². The van der Waals surface area contributed by atoms with Crippen LogP contribution in [-0.2, 0) is 4.79 Å². The van der Waals surface area contributed by atoms with Crippen LogP contribution >= 0.6 is 23.5 Å². The largest absolute Gasteiger partial charge is 0.384 e. The third-order valence-corrected chi connectivity index (χ3v) is 5.08. The van der Waals surface area contributed by atoms with Crippen LogP contribution in [0, 0.1) is 18.3 Å². The molecule has 0 aliphatic rings. The number of nitrogens with two attached hydrogens (primary N) is 1. The molecule has 8 heteroatoms. The zero-order chi connectivity index (χ0) is 18.2. The van der Waals surface area contributed by atoms with Gasteiger partial charge in [-0.25, -0.2) is 9.97 Å². The maximum absolute atomic E-state index is 12.2. The Labute approximate surface area is 155 Å². The highest BCUT2D eigenvalue weighted by molar-refractivity contribution is 8.00. The fourth-order valence-electron chi connectivity index (χ4n) is 2.01. The number of amides is 1. The summed E-state index contributed by atoms with van der Waals surface area (Å²) in [5.41, 5.74) is 7.20. The van der Waals surface area contributed by atoms with E-state index < -0.39 is 0 Å². The fourth-order valence-corrected chi connectivity index (χ4v) is 3.71. The molecule has 3 N–H and O–H groups in total. The number of hydrogen-bond acceptors (Lipinski definition) is 7. The van der Waals surface area contributed by atoms with Crippen LogP contribution in [0.25, 0.3) is 0 Å². The Morgan fingerprint density at radius 1 is 1.40 bits per heavy atom. The van der Waals surface area contributed by atoms with E-state index in [1.807, 2.05) is 38.1 Å². The molecule has 0 bridgehead atoms. The Kier molecular flexibility index (Phi) is 7.10. The lowest BCUT2D eigenvalue weighted by Gasteiger charge is -2.13. The van der Waals surface area contributed by atoms with Gasteiger partial charge >= 0.3 is 0 Å². The molecule has 2 aromatic rings. The van der Waals surface area contributed by atoms with Gasteiger partial charge in [0.15, 0.2) is 5.16 Å². The minimum Gasteiger partial charge on any atom is -0.384 e. The molecule has 0 unspecified atom stereocenters. The summed E-state index contributed by atoms with van der Waals surface area (Å²) in [7, 11) is 0. The Hall–Kier alpha value is -2.24. The predicted molar refractivity (Wildman–Crippen MR) is 103 cm³/mol. The van der Waals surface area contributed by atoms with E-state index >= 15 is 0 Å². The second-order valence-corrected chi connectivity index (χ2v) is 7.76. The molecule has 1 aromatic heterocycles. The van der Waals surface area contributed by atoms with Crippen LogP contribution in [0.3, 0.4) is 0 Å². The Morgan fingerprint density at radius 2 is 2.16 bits per heavy atom. The van der Waals surface area contributed by atoms with Gasteiger partial charge < -0.3 is 11.1 Å². The average molecular weight is 374 g/mol. The second kappa shape index (κ2) is 9.30. The maximum Gasteiger partial charge on any atom is 0.234 e. The van der Waals surface area contributed by atoms with Crippen LogP contribution in [0.2, 0.25) is 0 Å². The van der Waals surface area contributed by atoms with Gasteiger partial charge in [-0.15, -0.1) is 11.8 Å². The first-order valence-electron chi connectivity index (χ1n) is 7.64. The topological polar surface area (TPSA) is 105 Å². The number of nitriles is 1. The zero-order valence-corrected chi connectivity index (χ0v) is 15.7. The van der Waals surface area contributed by atoms with Crippen molar-refractivity contribution in [1.82, 2.24) is 9.97 Å². The number of para-hydroxylation sites is 1. The van der Waals surface area contributed by atoms with Gasteiger partial charge in [0.05, 0.1) is 17.5 Å². The van der Waals surface area contributed by atoms with E-state index in [-0.39, 0.29) is 16.9 Å². The Balaban J connectivity index is 1.97. The molecule has 25 heavy (non-hydrogen) atoms. The van der Waals surface area contributed by atoms with Crippen molar-refractivity contribution in [2.24, 2.45) is 0 Å². The Morgan fingerprint density at radius 3 is 2.88 bits per heavy atom. The number of hydrogen-bond donors (Lipinski definition) is 2. The highest BCUT2D eigenvalue weighted by Crippen LogP contribution is 2.31. The van der Waals surface area contributed by atoms with Crippen LogP contribution in [0.15, 0.2) is 40.4 Å². The summed E-state index contributed by atoms with van der Waals surface area (Å²) >= 11 is 2.81. The lowest BCUT2D eigenvalue weighted by atomic mass is 10.3. The molecule has 0 aliphatic carbocycles. The maximum atomic E-state index is 12.2. The molecular formula is C17H19N5OS2. The van der Waals surface area contributed by atoms with E-state index in [1.54, 1.807) is 17.8 Å². The van der Waals surface area contributed by atoms with Gasteiger partial charge in [0.25, 0.3) is 0 Å². The molecule has 1 atom stereocenters. The van der Waals surface area contributed by atoms with E-state index in [9.17, 15) is 4.79 Å². The first-order chi connectivity index (χ1) is 12.0. The number of aryl methyl sites for hydroxylation is 1. The molecular weight excluding hydrogens is 354 g/mol. The van der Waals surface area contributed by atoms with Gasteiger partial charge in [0.1, 0.15) is 5.82 Å². The number of aromatic nitrogens is 2. The number of carbonyl (C=O) groups excluding carboxylic acids is 1. The number of nitrogen functional groups attached to an aromatic ring is 1. The van der Waals surface area contributed by atoms with Crippen molar-refractivity contribution in [2.75, 3.05) is 16.8 Å². The number of rotatable bonds is 7. The molecule has 1 heterocycles. The van der Waals surface area contributed by atoms with E-state index in [0.29, 0.717) is 17.4 Å². The summed E-state index contributed by atoms with van der Waals surface area (Å²) in [5.74, 6) is 0.439. The van der Waals surface area contributed by atoms with Crippen LogP contribution in [0.5, 0.6) is 0 Å². The van der Waals surface area contributed by atoms with Gasteiger partial charge in [-0.3, -0.25) is 4.79 Å². The van der Waals surface area contributed by atoms with Gasteiger partial charge in [-0.1, -0.05) is 30.8 Å². The van der Waals surface area contributed by atoms with Crippen molar-refractivity contribution in [2.45, 2.75) is 35.6 Å². The van der Waals surface area contributed by atoms with Crippen molar-refractivity contribution in [3.63, 3.8) is 0 Å². The summed E-state index contributed by atoms with van der Waals surface area (Å²) in [6.07, 6.45) is 0.453. The van der Waals surface area contributed by atoms with E-state index in [1.165, 1.54) is 11.8 Å². The van der Waals surface area contributed by atoms with Gasteiger partial charge in [0.2, 0.25) is 5.91 Å². The highest BCUT2D eigenvalue weighted by Gasteiger charge is 2.11. The van der Waals surface area contributed by atoms with Crippen LogP contribution in [0.4, 0.5) is 11.5 Å². The van der Waals surface area contributed by atoms with Crippen LogP contribution < -0.4 is 11.1 Å². The van der Waals surface area contributed by atoms with Crippen molar-refractivity contribution < 1.29 is 4.79 Å². The predicted octanol–water partition coefficient (Wildman–Crippen LogP) is 3.49. The minimum atomic E-state index is -0.144. The highest BCUT2D eigenvalue weighted by atomic mass is 32.2. The molecule has 1 aromatic carbocycles. The summed E-state index contributed by atoms with van der Waals surface area (Å²) in [4.78, 5) is 21.5. The number of carbonyl (C=O) groups is 1. The third kappa shape index (κ3) is 6.29.